The number of amides is 7. The predicted molar refractivity (Wildman–Crippen MR) is 357 cm³/mol. The Morgan fingerprint density at radius 1 is 0.566 bits per heavy atom. The Morgan fingerprint density at radius 2 is 0.990 bits per heavy atom. The summed E-state index contributed by atoms with van der Waals surface area (Å²) in [5.41, 5.74) is 4.12. The number of carbonyl (C=O) groups is 8. The summed E-state index contributed by atoms with van der Waals surface area (Å²) < 4.78 is 105. The zero-order chi connectivity index (χ0) is 71.7. The molecule has 4 aliphatic carbocycles. The van der Waals surface area contributed by atoms with Gasteiger partial charge in [-0.2, -0.15) is 0 Å². The molecule has 2 aromatic rings. The fraction of sp³-hybridized carbons (Fsp3) is 0.657. The van der Waals surface area contributed by atoms with Crippen LogP contribution in [0.15, 0.2) is 60.7 Å². The summed E-state index contributed by atoms with van der Waals surface area (Å²) in [5.74, 6) is -4.44. The van der Waals surface area contributed by atoms with Gasteiger partial charge in [-0.1, -0.05) is 99.9 Å². The smallest absolute Gasteiger partial charge is 0.411 e. The van der Waals surface area contributed by atoms with Crippen LogP contribution in [0.2, 0.25) is 0 Å². The van der Waals surface area contributed by atoms with E-state index in [-0.39, 0.29) is 70.3 Å². The second-order valence-corrected chi connectivity index (χ2v) is 34.6. The van der Waals surface area contributed by atoms with Crippen LogP contribution >= 0.6 is 0 Å². The van der Waals surface area contributed by atoms with Crippen molar-refractivity contribution in [2.45, 2.75) is 265 Å². The molecule has 2 aromatic carbocycles. The molecule has 4 saturated carbocycles. The van der Waals surface area contributed by atoms with Gasteiger partial charge in [0.15, 0.2) is 0 Å². The van der Waals surface area contributed by atoms with Gasteiger partial charge in [0.05, 0.1) is 35.7 Å². The summed E-state index contributed by atoms with van der Waals surface area (Å²) >= 11 is 0. The van der Waals surface area contributed by atoms with E-state index in [4.69, 9.17) is 24.7 Å². The highest BCUT2D eigenvalue weighted by molar-refractivity contribution is 7.92. The van der Waals surface area contributed by atoms with Crippen LogP contribution in [0.4, 0.5) is 28.0 Å². The first-order valence-corrected chi connectivity index (χ1v) is 37.8. The quantitative estimate of drug-likeness (QED) is 0.137. The monoisotopic (exact) mass is 1420 g/mol. The number of rotatable bonds is 5. The van der Waals surface area contributed by atoms with Crippen molar-refractivity contribution in [3.63, 3.8) is 0 Å². The number of fused-ring (bicyclic) bond motifs is 4. The Kier molecular flexibility index (Phi) is 22.0. The lowest BCUT2D eigenvalue weighted by Crippen LogP contribution is -2.57. The molecule has 6 heterocycles. The Balaban J connectivity index is 0.000000178. The van der Waals surface area contributed by atoms with E-state index >= 15 is 0 Å². The summed E-state index contributed by atoms with van der Waals surface area (Å²) in [5, 5.41) is 12.2. The van der Waals surface area contributed by atoms with Gasteiger partial charge in [-0.3, -0.25) is 43.4 Å². The maximum Gasteiger partial charge on any atom is 0.411 e. The van der Waals surface area contributed by atoms with Crippen LogP contribution in [0.1, 0.15) is 205 Å². The number of ether oxygens (including phenoxy) is 4. The molecule has 544 valence electrons. The molecule has 99 heavy (non-hydrogen) atoms. The maximum absolute atomic E-state index is 14.3. The third-order valence-corrected chi connectivity index (χ3v) is 24.9. The first kappa shape index (κ1) is 74.3. The van der Waals surface area contributed by atoms with Crippen molar-refractivity contribution in [3.8, 4) is 0 Å². The number of hydrogen-bond acceptors (Lipinski definition) is 17. The third kappa shape index (κ3) is 17.5. The molecule has 0 unspecified atom stereocenters. The number of benzene rings is 2. The number of sulfonamides is 2. The fourth-order valence-electron chi connectivity index (χ4n) is 14.1. The molecule has 0 bridgehead atoms. The van der Waals surface area contributed by atoms with E-state index in [2.05, 4.69) is 20.8 Å². The second-order valence-electron chi connectivity index (χ2n) is 30.4. The lowest BCUT2D eigenvalue weighted by Gasteiger charge is -2.29. The van der Waals surface area contributed by atoms with Gasteiger partial charge in [0, 0.05) is 48.9 Å². The van der Waals surface area contributed by atoms with Crippen molar-refractivity contribution in [1.29, 1.82) is 0 Å². The molecule has 6 N–H and O–H groups in total. The highest BCUT2D eigenvalue weighted by Gasteiger charge is 2.64. The predicted octanol–water partition coefficient (Wildman–Crippen LogP) is 9.53. The minimum absolute atomic E-state index is 0.0250. The molecule has 6 fully saturated rings. The summed E-state index contributed by atoms with van der Waals surface area (Å²) in [6.45, 7) is 10.4. The van der Waals surface area contributed by atoms with Crippen LogP contribution in [0.3, 0.4) is 0 Å². The molecule has 29 heteroatoms. The minimum Gasteiger partial charge on any atom is -0.480 e. The van der Waals surface area contributed by atoms with Crippen LogP contribution in [0.25, 0.3) is 0 Å². The molecule has 2 saturated heterocycles. The van der Waals surface area contributed by atoms with Gasteiger partial charge in [-0.05, 0) is 142 Å². The molecular formula is C70H96F2N8O17S2. The normalized spacial score (nSPS) is 29.5. The molecule has 10 aliphatic rings. The molecule has 2 spiro atoms. The van der Waals surface area contributed by atoms with Crippen molar-refractivity contribution in [2.24, 2.45) is 17.6 Å². The standard InChI is InChI=1S/C35H47FN4O8S.C19H23FN2O6.C16H26N2O3S/c1-33(2,3)48-32(44)40-21-25(47-31(43)39-20-23-12-11-14-27(36)26(23)22-39)18-28(40)29(41)37-35-19-24(35)13-9-7-5-4-6-8-10-15-34(16-17-34)49(45,46)38-30(35)42;1-19(2,3)28-18(26)22-9-12(7-15(22)16(23)24)27-17(25)21-8-11-5-4-6-14(20)13(11)10-21;17-16-12-13(16)8-6-4-2-1-3-5-7-9-15(10-11-15)22(20,21)18-14(16)19/h9,11-14,24-25,28H,4-8,10,15-22H2,1-3H3,(H,37,41)(H,38,42);4-6,12,15H,7-10H2,1-3H3,(H,23,24);6,8,13H,1-5,7,9-12,17H2,(H,18,19)/b13-9+;;8-6+/t24-,25-,28+,35-;12-,15+;13-,16-/m111/s1. The fourth-order valence-corrected chi connectivity index (χ4v) is 17.5. The van der Waals surface area contributed by atoms with Gasteiger partial charge >= 0.3 is 30.3 Å². The molecular weight excluding hydrogens is 1330 g/mol. The van der Waals surface area contributed by atoms with Crippen molar-refractivity contribution in [1.82, 2.24) is 34.4 Å². The van der Waals surface area contributed by atoms with E-state index in [1.807, 2.05) is 18.2 Å². The summed E-state index contributed by atoms with van der Waals surface area (Å²) in [4.78, 5) is 108. The van der Waals surface area contributed by atoms with Crippen molar-refractivity contribution < 1.29 is 88.0 Å². The number of carboxylic acids is 1. The summed E-state index contributed by atoms with van der Waals surface area (Å²) in [7, 11) is -7.60. The van der Waals surface area contributed by atoms with E-state index in [0.29, 0.717) is 67.2 Å². The topological polar surface area (TPSA) is 337 Å². The summed E-state index contributed by atoms with van der Waals surface area (Å²) in [6, 6.07) is 7.00. The lowest BCUT2D eigenvalue weighted by molar-refractivity contribution is -0.142. The number of halogens is 2. The van der Waals surface area contributed by atoms with Gasteiger partial charge in [0.25, 0.3) is 11.8 Å². The number of carbonyl (C=O) groups excluding carboxylic acids is 7. The van der Waals surface area contributed by atoms with Crippen LogP contribution in [-0.2, 0) is 84.4 Å². The zero-order valence-corrected chi connectivity index (χ0v) is 59.1. The third-order valence-electron chi connectivity index (χ3n) is 20.5. The number of carboxylic acid groups (broad SMARTS) is 1. The van der Waals surface area contributed by atoms with E-state index in [9.17, 15) is 69.1 Å². The number of allylic oxidation sites excluding steroid dienone is 2. The number of likely N-dealkylation sites (tertiary alicyclic amines) is 2. The maximum atomic E-state index is 14.3. The number of aliphatic carboxylic acids is 1. The van der Waals surface area contributed by atoms with E-state index in [1.54, 1.807) is 65.8 Å². The molecule has 7 amide bonds. The van der Waals surface area contributed by atoms with Crippen molar-refractivity contribution >= 4 is 68.1 Å². The van der Waals surface area contributed by atoms with Crippen LogP contribution in [0.5, 0.6) is 0 Å². The molecule has 25 nitrogen and oxygen atoms in total. The van der Waals surface area contributed by atoms with E-state index in [0.717, 1.165) is 75.5 Å². The SMILES string of the molecule is CC(C)(C)OC(=O)N1C[C@H](OC(=O)N2Cc3cccc(F)c3C2)C[C@H]1C(=O)N[C@]12C[C@H]1/C=C/CCCCCCCC1(CC1)S(=O)(=O)NC2=O.CC(C)(C)OC(=O)N1C[C@H](OC(=O)N2Cc3cccc(F)c3C2)C[C@H]1C(=O)O.N[C@]12C[C@H]1/C=C/CCCCCCCC1(CC1)S(=O)(=O)NC2=O. The average Bonchev–Trinajstić information content (AvgIpc) is 1.57. The number of nitrogens with one attached hydrogen (secondary N) is 3. The molecule has 0 aromatic heterocycles. The molecule has 8 atom stereocenters. The first-order valence-electron chi connectivity index (χ1n) is 34.8. The Hall–Kier alpha value is -7.40. The number of nitrogens with zero attached hydrogens (tertiary/aromatic N) is 4. The van der Waals surface area contributed by atoms with E-state index in [1.165, 1.54) is 33.3 Å². The largest absolute Gasteiger partial charge is 0.480 e. The molecule has 6 aliphatic heterocycles. The summed E-state index contributed by atoms with van der Waals surface area (Å²) in [6.07, 6.45) is 19.4. The molecule has 12 rings (SSSR count). The van der Waals surface area contributed by atoms with Crippen molar-refractivity contribution in [2.75, 3.05) is 13.1 Å². The van der Waals surface area contributed by atoms with Gasteiger partial charge in [0.1, 0.15) is 58.2 Å². The highest BCUT2D eigenvalue weighted by atomic mass is 32.2. The Bertz CT molecular complexity index is 3740. The van der Waals surface area contributed by atoms with Gasteiger partial charge in [-0.25, -0.2) is 49.6 Å². The average molecular weight is 1420 g/mol. The van der Waals surface area contributed by atoms with E-state index < -0.39 is 136 Å². The Labute approximate surface area is 578 Å². The highest BCUT2D eigenvalue weighted by Crippen LogP contribution is 2.51. The zero-order valence-electron chi connectivity index (χ0n) is 57.5. The molecule has 0 radical (unpaired) electrons. The van der Waals surface area contributed by atoms with Gasteiger partial charge < -0.3 is 35.1 Å². The minimum atomic E-state index is -4.00. The van der Waals surface area contributed by atoms with Crippen LogP contribution in [0, 0.1) is 23.5 Å². The van der Waals surface area contributed by atoms with Crippen molar-refractivity contribution in [3.05, 3.63) is 94.6 Å². The Morgan fingerprint density at radius 3 is 1.43 bits per heavy atom. The van der Waals surface area contributed by atoms with Crippen LogP contribution in [-0.4, -0.2) is 159 Å². The number of hydrogen-bond donors (Lipinski definition) is 5. The van der Waals surface area contributed by atoms with Gasteiger partial charge in [-0.15, -0.1) is 0 Å². The first-order chi connectivity index (χ1) is 46.6. The number of nitrogens with two attached hydrogens (primary N) is 1. The lowest BCUT2D eigenvalue weighted by atomic mass is 10.1. The van der Waals surface area contributed by atoms with Gasteiger partial charge in [0.2, 0.25) is 26.0 Å². The second kappa shape index (κ2) is 29.3. The van der Waals surface area contributed by atoms with Crippen LogP contribution < -0.4 is 20.5 Å².